The van der Waals surface area contributed by atoms with Gasteiger partial charge in [0.1, 0.15) is 11.5 Å². The van der Waals surface area contributed by atoms with Gasteiger partial charge in [-0.2, -0.15) is 5.10 Å². The van der Waals surface area contributed by atoms with Crippen LogP contribution in [0.3, 0.4) is 0 Å². The van der Waals surface area contributed by atoms with Gasteiger partial charge in [-0.05, 0) is 22.0 Å². The first-order chi connectivity index (χ1) is 6.66. The van der Waals surface area contributed by atoms with Crippen LogP contribution in [0.2, 0.25) is 0 Å². The Morgan fingerprint density at radius 1 is 1.43 bits per heavy atom. The molecule has 0 bridgehead atoms. The van der Waals surface area contributed by atoms with Crippen LogP contribution in [0, 0.1) is 5.82 Å². The zero-order valence-electron chi connectivity index (χ0n) is 7.41. The maximum atomic E-state index is 12.9. The van der Waals surface area contributed by atoms with Gasteiger partial charge in [-0.25, -0.2) is 4.39 Å². The molecule has 0 fully saturated rings. The fourth-order valence-corrected chi connectivity index (χ4v) is 1.80. The van der Waals surface area contributed by atoms with Gasteiger partial charge in [-0.3, -0.25) is 9.67 Å². The van der Waals surface area contributed by atoms with Crippen LogP contribution in [0.5, 0.6) is 0 Å². The van der Waals surface area contributed by atoms with Gasteiger partial charge in [-0.15, -0.1) is 0 Å². The average molecular weight is 256 g/mol. The van der Waals surface area contributed by atoms with Crippen molar-refractivity contribution < 1.29 is 4.39 Å². The average Bonchev–Trinajstić information content (AvgIpc) is 2.45. The summed E-state index contributed by atoms with van der Waals surface area (Å²) in [4.78, 5) is 3.77. The van der Waals surface area contributed by atoms with E-state index in [-0.39, 0.29) is 5.82 Å². The van der Waals surface area contributed by atoms with E-state index in [0.717, 1.165) is 4.47 Å². The van der Waals surface area contributed by atoms with Crippen LogP contribution in [0.25, 0.3) is 11.3 Å². The van der Waals surface area contributed by atoms with Gasteiger partial charge in [-0.1, -0.05) is 0 Å². The molecule has 0 N–H and O–H groups in total. The number of rotatable bonds is 1. The van der Waals surface area contributed by atoms with Gasteiger partial charge in [0, 0.05) is 25.0 Å². The summed E-state index contributed by atoms with van der Waals surface area (Å²) in [5, 5.41) is 4.18. The van der Waals surface area contributed by atoms with Crippen LogP contribution >= 0.6 is 15.9 Å². The van der Waals surface area contributed by atoms with E-state index in [1.54, 1.807) is 24.1 Å². The van der Waals surface area contributed by atoms with Crippen molar-refractivity contribution in [1.29, 1.82) is 0 Å². The largest absolute Gasteiger partial charge is 0.274 e. The summed E-state index contributed by atoms with van der Waals surface area (Å²) in [5.74, 6) is -0.361. The molecule has 0 aromatic carbocycles. The highest BCUT2D eigenvalue weighted by Gasteiger charge is 2.08. The van der Waals surface area contributed by atoms with E-state index in [9.17, 15) is 4.39 Å². The zero-order chi connectivity index (χ0) is 10.1. The predicted octanol–water partition coefficient (Wildman–Crippen LogP) is 2.38. The quantitative estimate of drug-likeness (QED) is 0.784. The molecule has 0 amide bonds. The van der Waals surface area contributed by atoms with E-state index in [2.05, 4.69) is 26.0 Å². The third-order valence-corrected chi connectivity index (χ3v) is 2.34. The molecule has 72 valence electrons. The molecule has 0 atom stereocenters. The Labute approximate surface area is 88.7 Å². The number of nitrogens with zero attached hydrogens (tertiary/aromatic N) is 3. The smallest absolute Gasteiger partial charge is 0.142 e. The first-order valence-electron chi connectivity index (χ1n) is 3.97. The molecule has 0 aliphatic rings. The van der Waals surface area contributed by atoms with E-state index in [4.69, 9.17) is 0 Å². The third kappa shape index (κ3) is 1.68. The molecular formula is C9H7BrFN3. The molecule has 0 aliphatic carbocycles. The first kappa shape index (κ1) is 9.33. The molecule has 0 radical (unpaired) electrons. The van der Waals surface area contributed by atoms with Crippen LogP contribution in [-0.2, 0) is 7.05 Å². The Hall–Kier alpha value is -1.23. The minimum atomic E-state index is -0.361. The van der Waals surface area contributed by atoms with Gasteiger partial charge in [0.15, 0.2) is 0 Å². The number of pyridine rings is 1. The van der Waals surface area contributed by atoms with Crippen molar-refractivity contribution in [3.8, 4) is 11.3 Å². The fraction of sp³-hybridized carbons (Fsp3) is 0.111. The molecule has 5 heteroatoms. The topological polar surface area (TPSA) is 30.7 Å². The summed E-state index contributed by atoms with van der Waals surface area (Å²) in [6.07, 6.45) is 4.55. The van der Waals surface area contributed by atoms with Crippen LogP contribution in [0.1, 0.15) is 0 Å². The molecular weight excluding hydrogens is 249 g/mol. The standard InChI is InChI=1S/C9H7BrFN3/c1-14-5-8(10)9(13-14)6-2-7(11)4-12-3-6/h2-5H,1H3. The maximum Gasteiger partial charge on any atom is 0.142 e. The number of halogens is 2. The molecule has 2 heterocycles. The van der Waals surface area contributed by atoms with Crippen LogP contribution in [0.4, 0.5) is 4.39 Å². The van der Waals surface area contributed by atoms with Gasteiger partial charge in [0.25, 0.3) is 0 Å². The fourth-order valence-electron chi connectivity index (χ4n) is 1.20. The molecule has 14 heavy (non-hydrogen) atoms. The first-order valence-corrected chi connectivity index (χ1v) is 4.76. The minimum Gasteiger partial charge on any atom is -0.274 e. The normalized spacial score (nSPS) is 10.5. The summed E-state index contributed by atoms with van der Waals surface area (Å²) in [6, 6.07) is 1.40. The SMILES string of the molecule is Cn1cc(Br)c(-c2cncc(F)c2)n1. The van der Waals surface area contributed by atoms with E-state index >= 15 is 0 Å². The Kier molecular flexibility index (Phi) is 2.33. The van der Waals surface area contributed by atoms with Crippen LogP contribution in [-0.4, -0.2) is 14.8 Å². The number of hydrogen-bond acceptors (Lipinski definition) is 2. The molecule has 2 aromatic heterocycles. The molecule has 0 saturated carbocycles. The molecule has 2 aromatic rings. The highest BCUT2D eigenvalue weighted by atomic mass is 79.9. The summed E-state index contributed by atoms with van der Waals surface area (Å²) < 4.78 is 15.4. The van der Waals surface area contributed by atoms with Crippen LogP contribution in [0.15, 0.2) is 29.1 Å². The lowest BCUT2D eigenvalue weighted by molar-refractivity contribution is 0.622. The summed E-state index contributed by atoms with van der Waals surface area (Å²) in [6.45, 7) is 0. The Balaban J connectivity index is 2.54. The van der Waals surface area contributed by atoms with Gasteiger partial charge in [0.05, 0.1) is 10.7 Å². The molecule has 0 spiro atoms. The van der Waals surface area contributed by atoms with Crippen molar-refractivity contribution in [2.45, 2.75) is 0 Å². The van der Waals surface area contributed by atoms with E-state index < -0.39 is 0 Å². The van der Waals surface area contributed by atoms with Gasteiger partial charge >= 0.3 is 0 Å². The number of hydrogen-bond donors (Lipinski definition) is 0. The second-order valence-corrected chi connectivity index (χ2v) is 3.75. The van der Waals surface area contributed by atoms with Gasteiger partial charge < -0.3 is 0 Å². The summed E-state index contributed by atoms with van der Waals surface area (Å²) >= 11 is 3.34. The third-order valence-electron chi connectivity index (χ3n) is 1.76. The predicted molar refractivity (Wildman–Crippen MR) is 54.1 cm³/mol. The molecule has 0 aliphatic heterocycles. The van der Waals surface area contributed by atoms with Crippen molar-refractivity contribution in [3.63, 3.8) is 0 Å². The number of aromatic nitrogens is 3. The van der Waals surface area contributed by atoms with Gasteiger partial charge in [0.2, 0.25) is 0 Å². The second-order valence-electron chi connectivity index (χ2n) is 2.89. The van der Waals surface area contributed by atoms with Crippen molar-refractivity contribution in [2.75, 3.05) is 0 Å². The summed E-state index contributed by atoms with van der Waals surface area (Å²) in [5.41, 5.74) is 1.36. The highest BCUT2D eigenvalue weighted by Crippen LogP contribution is 2.25. The zero-order valence-corrected chi connectivity index (χ0v) is 8.99. The Morgan fingerprint density at radius 3 is 2.79 bits per heavy atom. The molecule has 2 rings (SSSR count). The molecule has 0 unspecified atom stereocenters. The van der Waals surface area contributed by atoms with Crippen molar-refractivity contribution in [1.82, 2.24) is 14.8 Å². The monoisotopic (exact) mass is 255 g/mol. The second kappa shape index (κ2) is 3.49. The van der Waals surface area contributed by atoms with Crippen molar-refractivity contribution in [2.24, 2.45) is 7.05 Å². The van der Waals surface area contributed by atoms with Crippen molar-refractivity contribution in [3.05, 3.63) is 34.9 Å². The Bertz CT molecular complexity index is 467. The number of aryl methyl sites for hydroxylation is 1. The van der Waals surface area contributed by atoms with E-state index in [1.807, 2.05) is 0 Å². The minimum absolute atomic E-state index is 0.361. The lowest BCUT2D eigenvalue weighted by Crippen LogP contribution is -1.89. The van der Waals surface area contributed by atoms with E-state index in [1.165, 1.54) is 12.3 Å². The molecule has 0 saturated heterocycles. The van der Waals surface area contributed by atoms with Crippen molar-refractivity contribution >= 4 is 15.9 Å². The lowest BCUT2D eigenvalue weighted by atomic mass is 10.2. The highest BCUT2D eigenvalue weighted by molar-refractivity contribution is 9.10. The summed E-state index contributed by atoms with van der Waals surface area (Å²) in [7, 11) is 1.81. The van der Waals surface area contributed by atoms with E-state index in [0.29, 0.717) is 11.3 Å². The maximum absolute atomic E-state index is 12.9. The lowest BCUT2D eigenvalue weighted by Gasteiger charge is -1.96. The Morgan fingerprint density at radius 2 is 2.21 bits per heavy atom. The molecule has 3 nitrogen and oxygen atoms in total. The van der Waals surface area contributed by atoms with Crippen LogP contribution < -0.4 is 0 Å².